The highest BCUT2D eigenvalue weighted by Crippen LogP contribution is 2.15. The number of nitrogens with one attached hydrogen (secondary N) is 2. The summed E-state index contributed by atoms with van der Waals surface area (Å²) in [6, 6.07) is 16.3. The van der Waals surface area contributed by atoms with Crippen LogP contribution in [-0.4, -0.2) is 15.9 Å². The molecule has 0 saturated heterocycles. The zero-order valence-electron chi connectivity index (χ0n) is 13.6. The molecular formula is C19H14ClN5O. The number of anilines is 2. The first-order valence-corrected chi connectivity index (χ1v) is 8.14. The van der Waals surface area contributed by atoms with E-state index in [0.717, 1.165) is 11.3 Å². The number of carbonyl (C=O) groups excluding carboxylic acids is 1. The van der Waals surface area contributed by atoms with E-state index in [4.69, 9.17) is 16.9 Å². The normalized spacial score (nSPS) is 10.0. The van der Waals surface area contributed by atoms with Gasteiger partial charge in [0.15, 0.2) is 0 Å². The van der Waals surface area contributed by atoms with Gasteiger partial charge in [-0.15, -0.1) is 0 Å². The van der Waals surface area contributed by atoms with Crippen LogP contribution in [0.2, 0.25) is 5.02 Å². The lowest BCUT2D eigenvalue weighted by atomic mass is 10.2. The SMILES string of the molecule is N#Cc1ccc(Nc2cnc(C(=O)NCc3ccccc3Cl)cn2)cc1. The molecule has 7 heteroatoms. The Bertz CT molecular complexity index is 949. The van der Waals surface area contributed by atoms with Gasteiger partial charge in [-0.3, -0.25) is 4.79 Å². The van der Waals surface area contributed by atoms with Crippen molar-refractivity contribution >= 4 is 29.0 Å². The van der Waals surface area contributed by atoms with Crippen LogP contribution in [0.3, 0.4) is 0 Å². The van der Waals surface area contributed by atoms with E-state index in [0.29, 0.717) is 22.9 Å². The third-order valence-corrected chi connectivity index (χ3v) is 3.94. The average Bonchev–Trinajstić information content (AvgIpc) is 2.68. The molecule has 128 valence electrons. The Hall–Kier alpha value is -3.43. The molecule has 0 spiro atoms. The van der Waals surface area contributed by atoms with E-state index in [1.165, 1.54) is 12.4 Å². The Balaban J connectivity index is 1.60. The fourth-order valence-corrected chi connectivity index (χ4v) is 2.40. The van der Waals surface area contributed by atoms with Crippen LogP contribution in [-0.2, 0) is 6.54 Å². The number of hydrogen-bond acceptors (Lipinski definition) is 5. The summed E-state index contributed by atoms with van der Waals surface area (Å²) in [6.07, 6.45) is 2.87. The third kappa shape index (κ3) is 4.35. The second kappa shape index (κ2) is 8.10. The molecule has 0 bridgehead atoms. The van der Waals surface area contributed by atoms with Gasteiger partial charge in [-0.2, -0.15) is 5.26 Å². The number of hydrogen-bond donors (Lipinski definition) is 2. The smallest absolute Gasteiger partial charge is 0.271 e. The Labute approximate surface area is 155 Å². The summed E-state index contributed by atoms with van der Waals surface area (Å²) in [7, 11) is 0. The molecule has 0 saturated carbocycles. The van der Waals surface area contributed by atoms with Crippen LogP contribution < -0.4 is 10.6 Å². The molecule has 1 heterocycles. The monoisotopic (exact) mass is 363 g/mol. The van der Waals surface area contributed by atoms with E-state index < -0.39 is 0 Å². The molecule has 0 unspecified atom stereocenters. The molecule has 6 nitrogen and oxygen atoms in total. The van der Waals surface area contributed by atoms with Gasteiger partial charge in [0.1, 0.15) is 11.5 Å². The van der Waals surface area contributed by atoms with Gasteiger partial charge in [0, 0.05) is 17.3 Å². The molecule has 3 rings (SSSR count). The standard InChI is InChI=1S/C19H14ClN5O/c20-16-4-2-1-3-14(16)10-24-19(26)17-11-23-18(12-22-17)25-15-7-5-13(9-21)6-8-15/h1-8,11-12H,10H2,(H,23,25)(H,24,26). The maximum atomic E-state index is 12.2. The van der Waals surface area contributed by atoms with Crippen LogP contribution in [0, 0.1) is 11.3 Å². The largest absolute Gasteiger partial charge is 0.347 e. The Kier molecular flexibility index (Phi) is 5.42. The van der Waals surface area contributed by atoms with Gasteiger partial charge < -0.3 is 10.6 Å². The van der Waals surface area contributed by atoms with Crippen molar-refractivity contribution in [2.45, 2.75) is 6.54 Å². The number of halogens is 1. The molecule has 2 aromatic carbocycles. The zero-order valence-corrected chi connectivity index (χ0v) is 14.4. The molecule has 26 heavy (non-hydrogen) atoms. The highest BCUT2D eigenvalue weighted by Gasteiger charge is 2.09. The van der Waals surface area contributed by atoms with Crippen molar-refractivity contribution in [3.8, 4) is 6.07 Å². The minimum atomic E-state index is -0.331. The first-order valence-electron chi connectivity index (χ1n) is 7.76. The Morgan fingerprint density at radius 1 is 1.08 bits per heavy atom. The van der Waals surface area contributed by atoms with Gasteiger partial charge >= 0.3 is 0 Å². The average molecular weight is 364 g/mol. The van der Waals surface area contributed by atoms with Gasteiger partial charge in [-0.1, -0.05) is 29.8 Å². The number of rotatable bonds is 5. The van der Waals surface area contributed by atoms with Crippen LogP contribution >= 0.6 is 11.6 Å². The molecule has 1 amide bonds. The second-order valence-electron chi connectivity index (χ2n) is 5.38. The molecule has 3 aromatic rings. The fourth-order valence-electron chi connectivity index (χ4n) is 2.19. The van der Waals surface area contributed by atoms with Gasteiger partial charge in [-0.05, 0) is 35.9 Å². The summed E-state index contributed by atoms with van der Waals surface area (Å²) < 4.78 is 0. The highest BCUT2D eigenvalue weighted by molar-refractivity contribution is 6.31. The number of aromatic nitrogens is 2. The Morgan fingerprint density at radius 3 is 2.50 bits per heavy atom. The lowest BCUT2D eigenvalue weighted by Crippen LogP contribution is -2.24. The maximum absolute atomic E-state index is 12.2. The molecule has 0 aliphatic carbocycles. The van der Waals surface area contributed by atoms with Crippen LogP contribution in [0.4, 0.5) is 11.5 Å². The zero-order chi connectivity index (χ0) is 18.4. The molecule has 0 radical (unpaired) electrons. The van der Waals surface area contributed by atoms with E-state index in [1.807, 2.05) is 18.2 Å². The molecule has 0 aliphatic heterocycles. The second-order valence-corrected chi connectivity index (χ2v) is 5.78. The molecule has 2 N–H and O–H groups in total. The molecule has 0 atom stereocenters. The summed E-state index contributed by atoms with van der Waals surface area (Å²) >= 11 is 6.07. The van der Waals surface area contributed by atoms with E-state index in [-0.39, 0.29) is 11.6 Å². The van der Waals surface area contributed by atoms with Crippen LogP contribution in [0.1, 0.15) is 21.6 Å². The predicted molar refractivity (Wildman–Crippen MR) is 99.1 cm³/mol. The van der Waals surface area contributed by atoms with Gasteiger partial charge in [0.05, 0.1) is 24.0 Å². The first kappa shape index (κ1) is 17.4. The van der Waals surface area contributed by atoms with Crippen molar-refractivity contribution in [3.63, 3.8) is 0 Å². The minimum Gasteiger partial charge on any atom is -0.347 e. The summed E-state index contributed by atoms with van der Waals surface area (Å²) in [4.78, 5) is 20.5. The Morgan fingerprint density at radius 2 is 1.85 bits per heavy atom. The predicted octanol–water partition coefficient (Wildman–Crippen LogP) is 3.68. The summed E-state index contributed by atoms with van der Waals surface area (Å²) in [6.45, 7) is 0.311. The first-order chi connectivity index (χ1) is 12.7. The van der Waals surface area contributed by atoms with Gasteiger partial charge in [0.2, 0.25) is 0 Å². The number of nitriles is 1. The number of nitrogens with zero attached hydrogens (tertiary/aromatic N) is 3. The van der Waals surface area contributed by atoms with Crippen molar-refractivity contribution in [1.29, 1.82) is 5.26 Å². The van der Waals surface area contributed by atoms with Crippen molar-refractivity contribution in [2.24, 2.45) is 0 Å². The van der Waals surface area contributed by atoms with E-state index in [9.17, 15) is 4.79 Å². The van der Waals surface area contributed by atoms with E-state index in [2.05, 4.69) is 26.7 Å². The van der Waals surface area contributed by atoms with Gasteiger partial charge in [-0.25, -0.2) is 9.97 Å². The molecule has 0 aliphatic rings. The highest BCUT2D eigenvalue weighted by atomic mass is 35.5. The fraction of sp³-hybridized carbons (Fsp3) is 0.0526. The van der Waals surface area contributed by atoms with E-state index in [1.54, 1.807) is 30.3 Å². The topological polar surface area (TPSA) is 90.7 Å². The summed E-state index contributed by atoms with van der Waals surface area (Å²) in [5.74, 6) is 0.166. The van der Waals surface area contributed by atoms with Crippen LogP contribution in [0.25, 0.3) is 0 Å². The van der Waals surface area contributed by atoms with Gasteiger partial charge in [0.25, 0.3) is 5.91 Å². The van der Waals surface area contributed by atoms with Crippen molar-refractivity contribution < 1.29 is 4.79 Å². The number of amides is 1. The van der Waals surface area contributed by atoms with Crippen molar-refractivity contribution in [3.05, 3.63) is 82.8 Å². The number of benzene rings is 2. The molecule has 1 aromatic heterocycles. The van der Waals surface area contributed by atoms with Crippen LogP contribution in [0.5, 0.6) is 0 Å². The maximum Gasteiger partial charge on any atom is 0.271 e. The van der Waals surface area contributed by atoms with E-state index >= 15 is 0 Å². The molecular weight excluding hydrogens is 350 g/mol. The molecule has 0 fully saturated rings. The van der Waals surface area contributed by atoms with Crippen molar-refractivity contribution in [1.82, 2.24) is 15.3 Å². The third-order valence-electron chi connectivity index (χ3n) is 3.57. The lowest BCUT2D eigenvalue weighted by molar-refractivity contribution is 0.0945. The minimum absolute atomic E-state index is 0.211. The van der Waals surface area contributed by atoms with Crippen LogP contribution in [0.15, 0.2) is 60.9 Å². The van der Waals surface area contributed by atoms with Crippen molar-refractivity contribution in [2.75, 3.05) is 5.32 Å². The number of carbonyl (C=O) groups is 1. The summed E-state index contributed by atoms with van der Waals surface area (Å²) in [5.41, 5.74) is 2.39. The lowest BCUT2D eigenvalue weighted by Gasteiger charge is -2.08. The quantitative estimate of drug-likeness (QED) is 0.721. The summed E-state index contributed by atoms with van der Waals surface area (Å²) in [5, 5.41) is 15.2.